The van der Waals surface area contributed by atoms with Crippen molar-refractivity contribution in [2.24, 2.45) is 0 Å². The summed E-state index contributed by atoms with van der Waals surface area (Å²) in [6.45, 7) is 0. The fraction of sp³-hybridized carbons (Fsp3) is 0.188. The Balaban J connectivity index is 1.84. The van der Waals surface area contributed by atoms with Crippen molar-refractivity contribution in [3.63, 3.8) is 0 Å². The Morgan fingerprint density at radius 2 is 1.57 bits per heavy atom. The van der Waals surface area contributed by atoms with Crippen LogP contribution < -0.4 is 4.72 Å². The van der Waals surface area contributed by atoms with Gasteiger partial charge in [-0.15, -0.1) is 0 Å². The van der Waals surface area contributed by atoms with Crippen LogP contribution in [0.5, 0.6) is 0 Å². The molecule has 0 saturated heterocycles. The molecule has 106 valence electrons. The zero-order chi connectivity index (χ0) is 14.9. The highest BCUT2D eigenvalue weighted by molar-refractivity contribution is 7.89. The van der Waals surface area contributed by atoms with Crippen LogP contribution in [0.3, 0.4) is 0 Å². The van der Waals surface area contributed by atoms with Gasteiger partial charge in [0.2, 0.25) is 10.0 Å². The third kappa shape index (κ3) is 2.68. The van der Waals surface area contributed by atoms with Gasteiger partial charge in [0.05, 0.1) is 10.5 Å². The van der Waals surface area contributed by atoms with E-state index >= 15 is 0 Å². The fourth-order valence-electron chi connectivity index (χ4n) is 2.72. The van der Waals surface area contributed by atoms with Crippen LogP contribution in [0.1, 0.15) is 16.7 Å². The molecule has 3 rings (SSSR count). The Morgan fingerprint density at radius 3 is 2.19 bits per heavy atom. The molecular formula is C16H14N2O2S. The maximum atomic E-state index is 12.5. The first-order valence-electron chi connectivity index (χ1n) is 6.68. The smallest absolute Gasteiger partial charge is 0.207 e. The number of hydrogen-bond acceptors (Lipinski definition) is 3. The Hall–Kier alpha value is -2.16. The van der Waals surface area contributed by atoms with Crippen LogP contribution in [-0.2, 0) is 22.9 Å². The number of nitrogens with zero attached hydrogens (tertiary/aromatic N) is 1. The molecule has 0 radical (unpaired) electrons. The molecule has 0 heterocycles. The zero-order valence-corrected chi connectivity index (χ0v) is 12.1. The molecule has 1 aliphatic rings. The van der Waals surface area contributed by atoms with Crippen molar-refractivity contribution < 1.29 is 8.42 Å². The van der Waals surface area contributed by atoms with Gasteiger partial charge in [-0.05, 0) is 36.1 Å². The minimum Gasteiger partial charge on any atom is -0.207 e. The first kappa shape index (κ1) is 13.8. The standard InChI is InChI=1S/C16H14N2O2S/c17-11-14-7-3-4-8-16(14)21(19,20)18-15-9-12-5-1-2-6-13(12)10-15/h1-8,15,18H,9-10H2. The van der Waals surface area contributed by atoms with E-state index in [1.54, 1.807) is 12.1 Å². The Bertz CT molecular complexity index is 797. The van der Waals surface area contributed by atoms with Gasteiger partial charge in [-0.2, -0.15) is 5.26 Å². The van der Waals surface area contributed by atoms with E-state index in [9.17, 15) is 8.42 Å². The van der Waals surface area contributed by atoms with Gasteiger partial charge < -0.3 is 0 Å². The molecule has 0 unspecified atom stereocenters. The molecule has 0 aliphatic heterocycles. The summed E-state index contributed by atoms with van der Waals surface area (Å²) in [6, 6.07) is 16.0. The summed E-state index contributed by atoms with van der Waals surface area (Å²) in [6.07, 6.45) is 1.37. The van der Waals surface area contributed by atoms with E-state index in [0.717, 1.165) is 0 Å². The fourth-order valence-corrected chi connectivity index (χ4v) is 4.11. The summed E-state index contributed by atoms with van der Waals surface area (Å²) >= 11 is 0. The quantitative estimate of drug-likeness (QED) is 0.942. The molecule has 0 atom stereocenters. The van der Waals surface area contributed by atoms with Gasteiger partial charge in [-0.25, -0.2) is 13.1 Å². The lowest BCUT2D eigenvalue weighted by Crippen LogP contribution is -2.35. The molecule has 2 aromatic carbocycles. The third-order valence-corrected chi connectivity index (χ3v) is 5.25. The van der Waals surface area contributed by atoms with Gasteiger partial charge in [-0.1, -0.05) is 36.4 Å². The van der Waals surface area contributed by atoms with Crippen molar-refractivity contribution in [2.75, 3.05) is 0 Å². The molecule has 1 N–H and O–H groups in total. The largest absolute Gasteiger partial charge is 0.242 e. The maximum Gasteiger partial charge on any atom is 0.242 e. The van der Waals surface area contributed by atoms with Gasteiger partial charge >= 0.3 is 0 Å². The molecule has 0 spiro atoms. The van der Waals surface area contributed by atoms with Crippen molar-refractivity contribution >= 4 is 10.0 Å². The second-order valence-corrected chi connectivity index (χ2v) is 6.79. The Labute approximate surface area is 124 Å². The molecular weight excluding hydrogens is 284 g/mol. The van der Waals surface area contributed by atoms with E-state index in [1.807, 2.05) is 30.3 Å². The van der Waals surface area contributed by atoms with E-state index in [-0.39, 0.29) is 16.5 Å². The van der Waals surface area contributed by atoms with E-state index in [0.29, 0.717) is 12.8 Å². The lowest BCUT2D eigenvalue weighted by atomic mass is 10.1. The normalized spacial score (nSPS) is 14.6. The van der Waals surface area contributed by atoms with Gasteiger partial charge in [0.25, 0.3) is 0 Å². The highest BCUT2D eigenvalue weighted by Gasteiger charge is 2.27. The summed E-state index contributed by atoms with van der Waals surface area (Å²) in [5.74, 6) is 0. The highest BCUT2D eigenvalue weighted by atomic mass is 32.2. The molecule has 0 amide bonds. The predicted octanol–water partition coefficient (Wildman–Crippen LogP) is 2.00. The Morgan fingerprint density at radius 1 is 1.00 bits per heavy atom. The van der Waals surface area contributed by atoms with Crippen LogP contribution in [0.4, 0.5) is 0 Å². The molecule has 4 nitrogen and oxygen atoms in total. The lowest BCUT2D eigenvalue weighted by molar-refractivity contribution is 0.555. The van der Waals surface area contributed by atoms with E-state index < -0.39 is 10.0 Å². The summed E-state index contributed by atoms with van der Waals surface area (Å²) in [5, 5.41) is 9.04. The molecule has 5 heteroatoms. The number of sulfonamides is 1. The maximum absolute atomic E-state index is 12.5. The van der Waals surface area contributed by atoms with Crippen molar-refractivity contribution in [1.29, 1.82) is 5.26 Å². The average Bonchev–Trinajstić information content (AvgIpc) is 2.88. The van der Waals surface area contributed by atoms with Gasteiger partial charge in [0.15, 0.2) is 0 Å². The van der Waals surface area contributed by atoms with Crippen molar-refractivity contribution in [3.05, 3.63) is 65.2 Å². The minimum absolute atomic E-state index is 0.0449. The number of rotatable bonds is 3. The summed E-state index contributed by atoms with van der Waals surface area (Å²) in [7, 11) is -3.68. The van der Waals surface area contributed by atoms with Crippen molar-refractivity contribution in [1.82, 2.24) is 4.72 Å². The summed E-state index contributed by atoms with van der Waals surface area (Å²) < 4.78 is 27.6. The predicted molar refractivity (Wildman–Crippen MR) is 79.1 cm³/mol. The number of hydrogen-bond donors (Lipinski definition) is 1. The second kappa shape index (κ2) is 5.32. The topological polar surface area (TPSA) is 70.0 Å². The van der Waals surface area contributed by atoms with Crippen LogP contribution in [0.15, 0.2) is 53.4 Å². The van der Waals surface area contributed by atoms with Gasteiger partial charge in [-0.3, -0.25) is 0 Å². The molecule has 0 fully saturated rings. The molecule has 2 aromatic rings. The minimum atomic E-state index is -3.68. The zero-order valence-electron chi connectivity index (χ0n) is 11.3. The van der Waals surface area contributed by atoms with Crippen LogP contribution in [0, 0.1) is 11.3 Å². The van der Waals surface area contributed by atoms with Crippen LogP contribution in [-0.4, -0.2) is 14.5 Å². The molecule has 21 heavy (non-hydrogen) atoms. The van der Waals surface area contributed by atoms with Gasteiger partial charge in [0, 0.05) is 6.04 Å². The van der Waals surface area contributed by atoms with E-state index in [2.05, 4.69) is 4.72 Å². The van der Waals surface area contributed by atoms with E-state index in [4.69, 9.17) is 5.26 Å². The van der Waals surface area contributed by atoms with Crippen molar-refractivity contribution in [3.8, 4) is 6.07 Å². The molecule has 1 aliphatic carbocycles. The summed E-state index contributed by atoms with van der Waals surface area (Å²) in [5.41, 5.74) is 2.53. The number of nitrogens with one attached hydrogen (secondary N) is 1. The number of benzene rings is 2. The summed E-state index contributed by atoms with van der Waals surface area (Å²) in [4.78, 5) is 0.0449. The number of nitriles is 1. The first-order chi connectivity index (χ1) is 10.1. The highest BCUT2D eigenvalue weighted by Crippen LogP contribution is 2.23. The second-order valence-electron chi connectivity index (χ2n) is 5.10. The Kier molecular flexibility index (Phi) is 3.50. The molecule has 0 aromatic heterocycles. The monoisotopic (exact) mass is 298 g/mol. The van der Waals surface area contributed by atoms with Crippen LogP contribution >= 0.6 is 0 Å². The first-order valence-corrected chi connectivity index (χ1v) is 8.17. The van der Waals surface area contributed by atoms with Crippen LogP contribution in [0.2, 0.25) is 0 Å². The van der Waals surface area contributed by atoms with Crippen molar-refractivity contribution in [2.45, 2.75) is 23.8 Å². The number of fused-ring (bicyclic) bond motifs is 1. The SMILES string of the molecule is N#Cc1ccccc1S(=O)(=O)NC1Cc2ccccc2C1. The molecule has 0 saturated carbocycles. The lowest BCUT2D eigenvalue weighted by Gasteiger charge is -2.13. The third-order valence-electron chi connectivity index (χ3n) is 3.67. The van der Waals surface area contributed by atoms with Crippen LogP contribution in [0.25, 0.3) is 0 Å². The molecule has 0 bridgehead atoms. The van der Waals surface area contributed by atoms with Gasteiger partial charge in [0.1, 0.15) is 6.07 Å². The van der Waals surface area contributed by atoms with E-state index in [1.165, 1.54) is 23.3 Å². The average molecular weight is 298 g/mol.